The lowest BCUT2D eigenvalue weighted by Gasteiger charge is -2.20. The molecule has 2 unspecified atom stereocenters. The standard InChI is InChI=1S/C24H25Cl2N5O7/c25-14-5-16(22(37)17(26)6-14)18(7-21(35)36)31-20(34)11-27-23(38)13-3-1-2-12(4-13)19(33)10-30-24-28-8-15(32)9-29-24/h1-6,15,18,32,37H,7-11H2,(H,27,38)(H,31,34)(H,35,36)(H2,28,29,30). The van der Waals surface area contributed by atoms with Crippen LogP contribution < -0.4 is 21.3 Å². The van der Waals surface area contributed by atoms with Crippen LogP contribution in [-0.4, -0.2) is 77.1 Å². The molecule has 3 rings (SSSR count). The number of carboxylic acid groups (broad SMARTS) is 1. The number of Topliss-reactive ketones (excluding diaryl/α,β-unsaturated/α-hetero) is 1. The maximum absolute atomic E-state index is 12.6. The van der Waals surface area contributed by atoms with Gasteiger partial charge in [-0.25, -0.2) is 0 Å². The van der Waals surface area contributed by atoms with E-state index in [4.69, 9.17) is 23.2 Å². The van der Waals surface area contributed by atoms with E-state index in [-0.39, 0.29) is 45.6 Å². The van der Waals surface area contributed by atoms with Crippen molar-refractivity contribution >= 4 is 52.7 Å². The Labute approximate surface area is 227 Å². The molecule has 2 atom stereocenters. The van der Waals surface area contributed by atoms with Gasteiger partial charge in [0.05, 0.1) is 43.2 Å². The second kappa shape index (κ2) is 13.1. The molecule has 7 N–H and O–H groups in total. The fourth-order valence-electron chi connectivity index (χ4n) is 3.52. The van der Waals surface area contributed by atoms with E-state index < -0.39 is 48.6 Å². The Bertz CT molecular complexity index is 1270. The number of halogens is 2. The summed E-state index contributed by atoms with van der Waals surface area (Å²) in [5.74, 6) is -2.98. The van der Waals surface area contributed by atoms with Crippen LogP contribution in [0.5, 0.6) is 5.75 Å². The van der Waals surface area contributed by atoms with Crippen molar-refractivity contribution in [2.45, 2.75) is 18.6 Å². The van der Waals surface area contributed by atoms with E-state index in [1.165, 1.54) is 36.4 Å². The third-order valence-electron chi connectivity index (χ3n) is 5.38. The Kier molecular flexibility index (Phi) is 9.88. The first-order chi connectivity index (χ1) is 18.0. The number of β-amino-alcohol motifs (C(OH)–C–C–N with tert-alkyl or cyclic N) is 1. The number of ketones is 1. The van der Waals surface area contributed by atoms with Crippen LogP contribution in [0.1, 0.15) is 38.7 Å². The molecule has 2 amide bonds. The molecule has 1 aliphatic rings. The largest absolute Gasteiger partial charge is 0.506 e. The molecule has 0 saturated carbocycles. The number of hydrogen-bond acceptors (Lipinski definition) is 9. The van der Waals surface area contributed by atoms with Crippen LogP contribution in [0, 0.1) is 0 Å². The first kappa shape index (κ1) is 28.7. The van der Waals surface area contributed by atoms with E-state index in [0.717, 1.165) is 0 Å². The number of benzene rings is 2. The molecule has 0 saturated heterocycles. The number of rotatable bonds is 10. The fraction of sp³-hybridized carbons (Fsp3) is 0.292. The Morgan fingerprint density at radius 1 is 1.11 bits per heavy atom. The van der Waals surface area contributed by atoms with Crippen molar-refractivity contribution in [3.05, 3.63) is 63.1 Å². The highest BCUT2D eigenvalue weighted by molar-refractivity contribution is 6.35. The van der Waals surface area contributed by atoms with Crippen molar-refractivity contribution < 1.29 is 34.5 Å². The number of phenols is 1. The maximum Gasteiger partial charge on any atom is 0.305 e. The van der Waals surface area contributed by atoms with Crippen LogP contribution >= 0.6 is 23.2 Å². The molecule has 0 radical (unpaired) electrons. The van der Waals surface area contributed by atoms with Gasteiger partial charge in [-0.15, -0.1) is 0 Å². The zero-order valence-corrected chi connectivity index (χ0v) is 21.3. The summed E-state index contributed by atoms with van der Waals surface area (Å²) in [4.78, 5) is 53.0. The number of carbonyl (C=O) groups excluding carboxylic acids is 3. The van der Waals surface area contributed by atoms with Crippen molar-refractivity contribution in [1.82, 2.24) is 21.3 Å². The SMILES string of the molecule is O=C(O)CC(NC(=O)CNC(=O)c1cccc(C(=O)CNC2=NCC(O)CN2)c1)c1cc(Cl)cc(Cl)c1O. The quantitative estimate of drug-likeness (QED) is 0.205. The summed E-state index contributed by atoms with van der Waals surface area (Å²) in [7, 11) is 0. The Morgan fingerprint density at radius 2 is 1.84 bits per heavy atom. The normalized spacial score (nSPS) is 15.4. The van der Waals surface area contributed by atoms with Crippen LogP contribution in [0.4, 0.5) is 0 Å². The number of carboxylic acids is 1. The number of nitrogens with zero attached hydrogens (tertiary/aromatic N) is 1. The van der Waals surface area contributed by atoms with Gasteiger partial charge in [0.15, 0.2) is 11.7 Å². The van der Waals surface area contributed by atoms with E-state index in [1.807, 2.05) is 0 Å². The number of aliphatic hydroxyl groups excluding tert-OH is 1. The van der Waals surface area contributed by atoms with Crippen molar-refractivity contribution in [3.63, 3.8) is 0 Å². The third kappa shape index (κ3) is 8.07. The summed E-state index contributed by atoms with van der Waals surface area (Å²) in [6, 6.07) is 7.26. The van der Waals surface area contributed by atoms with Crippen LogP contribution in [0.25, 0.3) is 0 Å². The molecule has 0 bridgehead atoms. The Hall–Kier alpha value is -3.87. The van der Waals surface area contributed by atoms with Gasteiger partial charge in [0.2, 0.25) is 5.91 Å². The molecule has 0 spiro atoms. The van der Waals surface area contributed by atoms with Gasteiger partial charge >= 0.3 is 5.97 Å². The number of phenolic OH excluding ortho intramolecular Hbond substituents is 1. The van der Waals surface area contributed by atoms with Gasteiger partial charge in [0.1, 0.15) is 5.75 Å². The molecule has 2 aromatic rings. The monoisotopic (exact) mass is 565 g/mol. The molecular formula is C24H25Cl2N5O7. The highest BCUT2D eigenvalue weighted by Gasteiger charge is 2.23. The number of amides is 2. The summed E-state index contributed by atoms with van der Waals surface area (Å²) in [5, 5.41) is 39.4. The number of aromatic hydroxyl groups is 1. The zero-order valence-electron chi connectivity index (χ0n) is 19.8. The minimum absolute atomic E-state index is 0.00923. The molecule has 14 heteroatoms. The van der Waals surface area contributed by atoms with Gasteiger partial charge < -0.3 is 36.6 Å². The predicted octanol–water partition coefficient (Wildman–Crippen LogP) is 0.853. The molecule has 1 aliphatic heterocycles. The molecule has 12 nitrogen and oxygen atoms in total. The average Bonchev–Trinajstić information content (AvgIpc) is 2.88. The highest BCUT2D eigenvalue weighted by atomic mass is 35.5. The van der Waals surface area contributed by atoms with Crippen molar-refractivity contribution in [1.29, 1.82) is 0 Å². The first-order valence-corrected chi connectivity index (χ1v) is 12.1. The van der Waals surface area contributed by atoms with Gasteiger partial charge in [-0.2, -0.15) is 0 Å². The fourth-order valence-corrected chi connectivity index (χ4v) is 4.03. The minimum atomic E-state index is -1.25. The molecule has 38 heavy (non-hydrogen) atoms. The van der Waals surface area contributed by atoms with Gasteiger partial charge in [-0.3, -0.25) is 24.2 Å². The van der Waals surface area contributed by atoms with E-state index in [1.54, 1.807) is 0 Å². The molecular weight excluding hydrogens is 541 g/mol. The first-order valence-electron chi connectivity index (χ1n) is 11.3. The summed E-state index contributed by atoms with van der Waals surface area (Å²) in [6.07, 6.45) is -1.16. The van der Waals surface area contributed by atoms with E-state index in [2.05, 4.69) is 26.3 Å². The number of aliphatic carboxylic acids is 1. The summed E-state index contributed by atoms with van der Waals surface area (Å²) < 4.78 is 0. The molecule has 202 valence electrons. The lowest BCUT2D eigenvalue weighted by molar-refractivity contribution is -0.137. The van der Waals surface area contributed by atoms with Crippen LogP contribution in [0.15, 0.2) is 41.4 Å². The third-order valence-corrected chi connectivity index (χ3v) is 5.89. The van der Waals surface area contributed by atoms with Gasteiger partial charge in [0.25, 0.3) is 5.91 Å². The molecule has 0 aromatic heterocycles. The lowest BCUT2D eigenvalue weighted by Crippen LogP contribution is -2.47. The van der Waals surface area contributed by atoms with Crippen LogP contribution in [0.3, 0.4) is 0 Å². The van der Waals surface area contributed by atoms with Gasteiger partial charge in [-0.05, 0) is 24.3 Å². The van der Waals surface area contributed by atoms with Crippen molar-refractivity contribution in [2.24, 2.45) is 4.99 Å². The topological polar surface area (TPSA) is 189 Å². The van der Waals surface area contributed by atoms with E-state index in [0.29, 0.717) is 12.5 Å². The smallest absolute Gasteiger partial charge is 0.305 e. The number of aliphatic imine (C=N–C) groups is 1. The zero-order chi connectivity index (χ0) is 27.8. The predicted molar refractivity (Wildman–Crippen MR) is 139 cm³/mol. The molecule has 0 aliphatic carbocycles. The maximum atomic E-state index is 12.6. The number of aliphatic hydroxyl groups is 1. The van der Waals surface area contributed by atoms with Crippen LogP contribution in [-0.2, 0) is 9.59 Å². The summed E-state index contributed by atoms with van der Waals surface area (Å²) in [5.41, 5.74) is 0.386. The Morgan fingerprint density at radius 3 is 2.53 bits per heavy atom. The summed E-state index contributed by atoms with van der Waals surface area (Å²) >= 11 is 11.9. The lowest BCUT2D eigenvalue weighted by atomic mass is 10.0. The Balaban J connectivity index is 1.59. The van der Waals surface area contributed by atoms with Gasteiger partial charge in [0, 0.05) is 28.3 Å². The summed E-state index contributed by atoms with van der Waals surface area (Å²) in [6.45, 7) is -0.0754. The average molecular weight is 566 g/mol. The van der Waals surface area contributed by atoms with E-state index >= 15 is 0 Å². The molecule has 2 aromatic carbocycles. The second-order valence-corrected chi connectivity index (χ2v) is 9.15. The number of guanidine groups is 1. The molecule has 0 fully saturated rings. The van der Waals surface area contributed by atoms with E-state index in [9.17, 15) is 34.5 Å². The number of nitrogens with one attached hydrogen (secondary N) is 4. The van der Waals surface area contributed by atoms with Gasteiger partial charge in [-0.1, -0.05) is 35.3 Å². The highest BCUT2D eigenvalue weighted by Crippen LogP contribution is 2.36. The van der Waals surface area contributed by atoms with Crippen LogP contribution in [0.2, 0.25) is 10.0 Å². The minimum Gasteiger partial charge on any atom is -0.506 e. The second-order valence-electron chi connectivity index (χ2n) is 8.31. The van der Waals surface area contributed by atoms with Crippen molar-refractivity contribution in [3.8, 4) is 5.75 Å². The number of carbonyl (C=O) groups is 4. The van der Waals surface area contributed by atoms with Crippen molar-refractivity contribution in [2.75, 3.05) is 26.2 Å². The molecule has 1 heterocycles. The number of hydrogen-bond donors (Lipinski definition) is 7.